The molecule has 6 nitrogen and oxygen atoms in total. The number of hydrogen-bond acceptors (Lipinski definition) is 4. The Kier molecular flexibility index (Phi) is 5.26. The maximum atomic E-state index is 12.9. The van der Waals surface area contributed by atoms with E-state index in [4.69, 9.17) is 4.74 Å². The van der Waals surface area contributed by atoms with E-state index in [1.807, 2.05) is 20.8 Å². The van der Waals surface area contributed by atoms with E-state index in [2.05, 4.69) is 5.32 Å². The first-order valence-electron chi connectivity index (χ1n) is 8.96. The standard InChI is InChI=1S/C21H22N2O4/c1-4-27-18-8-6-5-7-17(18)23-20(25)15-10-9-14(11-16(15)21(23)26)19(24)22-12-13(2)3/h5-11,13H,4,12H2,1-3H3,(H,22,24). The molecule has 1 heterocycles. The van der Waals surface area contributed by atoms with Crippen LogP contribution in [0.2, 0.25) is 0 Å². The van der Waals surface area contributed by atoms with Crippen LogP contribution >= 0.6 is 0 Å². The molecule has 0 radical (unpaired) electrons. The van der Waals surface area contributed by atoms with Crippen molar-refractivity contribution in [3.8, 4) is 5.75 Å². The number of benzene rings is 2. The zero-order chi connectivity index (χ0) is 19.6. The number of imide groups is 1. The Morgan fingerprint density at radius 1 is 1.07 bits per heavy atom. The number of rotatable bonds is 6. The minimum atomic E-state index is -0.458. The van der Waals surface area contributed by atoms with Crippen LogP contribution in [0.3, 0.4) is 0 Å². The fourth-order valence-corrected chi connectivity index (χ4v) is 2.92. The number of para-hydroxylation sites is 2. The van der Waals surface area contributed by atoms with Crippen molar-refractivity contribution < 1.29 is 19.1 Å². The molecule has 0 saturated carbocycles. The lowest BCUT2D eigenvalue weighted by molar-refractivity contribution is 0.0922. The average Bonchev–Trinajstić information content (AvgIpc) is 2.91. The van der Waals surface area contributed by atoms with E-state index in [1.165, 1.54) is 12.1 Å². The molecule has 140 valence electrons. The van der Waals surface area contributed by atoms with Crippen LogP contribution in [0.25, 0.3) is 0 Å². The summed E-state index contributed by atoms with van der Waals surface area (Å²) in [6, 6.07) is 11.5. The van der Waals surface area contributed by atoms with Crippen LogP contribution in [0.4, 0.5) is 5.69 Å². The molecule has 0 aromatic heterocycles. The minimum absolute atomic E-state index is 0.225. The average molecular weight is 366 g/mol. The molecule has 3 amide bonds. The first kappa shape index (κ1) is 18.6. The van der Waals surface area contributed by atoms with Gasteiger partial charge in [-0.3, -0.25) is 14.4 Å². The second-order valence-corrected chi connectivity index (χ2v) is 6.71. The molecular formula is C21H22N2O4. The fourth-order valence-electron chi connectivity index (χ4n) is 2.92. The smallest absolute Gasteiger partial charge is 0.266 e. The molecule has 0 aliphatic carbocycles. The summed E-state index contributed by atoms with van der Waals surface area (Å²) in [5.74, 6) is -0.363. The number of amides is 3. The summed E-state index contributed by atoms with van der Waals surface area (Å²) >= 11 is 0. The molecule has 0 atom stereocenters. The second-order valence-electron chi connectivity index (χ2n) is 6.71. The number of carbonyl (C=O) groups excluding carboxylic acids is 3. The maximum absolute atomic E-state index is 12.9. The Morgan fingerprint density at radius 2 is 1.78 bits per heavy atom. The molecular weight excluding hydrogens is 344 g/mol. The third kappa shape index (κ3) is 3.56. The van der Waals surface area contributed by atoms with Crippen molar-refractivity contribution in [1.29, 1.82) is 0 Å². The Bertz CT molecular complexity index is 905. The maximum Gasteiger partial charge on any atom is 0.266 e. The number of hydrogen-bond donors (Lipinski definition) is 1. The predicted molar refractivity (Wildman–Crippen MR) is 102 cm³/mol. The number of fused-ring (bicyclic) bond motifs is 1. The Balaban J connectivity index is 1.93. The lowest BCUT2D eigenvalue weighted by Gasteiger charge is -2.17. The number of anilines is 1. The number of nitrogens with zero attached hydrogens (tertiary/aromatic N) is 1. The van der Waals surface area contributed by atoms with Crippen LogP contribution in [-0.2, 0) is 0 Å². The number of nitrogens with one attached hydrogen (secondary N) is 1. The molecule has 6 heteroatoms. The molecule has 0 bridgehead atoms. The van der Waals surface area contributed by atoms with E-state index in [1.54, 1.807) is 30.3 Å². The summed E-state index contributed by atoms with van der Waals surface area (Å²) in [4.78, 5) is 39.1. The van der Waals surface area contributed by atoms with Crippen LogP contribution in [0.1, 0.15) is 51.8 Å². The molecule has 1 N–H and O–H groups in total. The first-order chi connectivity index (χ1) is 12.9. The largest absolute Gasteiger partial charge is 0.492 e. The number of carbonyl (C=O) groups is 3. The van der Waals surface area contributed by atoms with E-state index in [0.717, 1.165) is 4.90 Å². The summed E-state index contributed by atoms with van der Waals surface area (Å²) in [5.41, 5.74) is 1.27. The summed E-state index contributed by atoms with van der Waals surface area (Å²) in [6.45, 7) is 6.79. The van der Waals surface area contributed by atoms with Gasteiger partial charge in [0.2, 0.25) is 0 Å². The van der Waals surface area contributed by atoms with Crippen molar-refractivity contribution in [2.75, 3.05) is 18.1 Å². The van der Waals surface area contributed by atoms with Crippen LogP contribution in [0, 0.1) is 5.92 Å². The Labute approximate surface area is 158 Å². The molecule has 0 unspecified atom stereocenters. The quantitative estimate of drug-likeness (QED) is 0.796. The van der Waals surface area contributed by atoms with Gasteiger partial charge in [0, 0.05) is 12.1 Å². The summed E-state index contributed by atoms with van der Waals surface area (Å²) in [5, 5.41) is 2.82. The van der Waals surface area contributed by atoms with Gasteiger partial charge in [0.05, 0.1) is 23.4 Å². The van der Waals surface area contributed by atoms with Gasteiger partial charge in [-0.05, 0) is 43.2 Å². The van der Waals surface area contributed by atoms with Crippen LogP contribution in [0.5, 0.6) is 5.75 Å². The predicted octanol–water partition coefficient (Wildman–Crippen LogP) is 3.27. The van der Waals surface area contributed by atoms with Gasteiger partial charge in [-0.25, -0.2) is 4.90 Å². The molecule has 3 rings (SSSR count). The van der Waals surface area contributed by atoms with E-state index in [0.29, 0.717) is 36.1 Å². The zero-order valence-electron chi connectivity index (χ0n) is 15.6. The molecule has 0 saturated heterocycles. The van der Waals surface area contributed by atoms with E-state index in [9.17, 15) is 14.4 Å². The first-order valence-corrected chi connectivity index (χ1v) is 8.96. The van der Waals surface area contributed by atoms with E-state index < -0.39 is 11.8 Å². The fraction of sp³-hybridized carbons (Fsp3) is 0.286. The van der Waals surface area contributed by atoms with E-state index in [-0.39, 0.29) is 17.0 Å². The van der Waals surface area contributed by atoms with Gasteiger partial charge in [-0.1, -0.05) is 26.0 Å². The van der Waals surface area contributed by atoms with Crippen molar-refractivity contribution in [3.05, 3.63) is 59.2 Å². The molecule has 0 fully saturated rings. The molecule has 0 spiro atoms. The Hall–Kier alpha value is -3.15. The van der Waals surface area contributed by atoms with Gasteiger partial charge < -0.3 is 10.1 Å². The van der Waals surface area contributed by atoms with Crippen LogP contribution in [0.15, 0.2) is 42.5 Å². The molecule has 1 aliphatic heterocycles. The highest BCUT2D eigenvalue weighted by molar-refractivity contribution is 6.35. The lowest BCUT2D eigenvalue weighted by atomic mass is 10.1. The normalized spacial score (nSPS) is 13.1. The summed E-state index contributed by atoms with van der Waals surface area (Å²) < 4.78 is 5.55. The van der Waals surface area contributed by atoms with Crippen molar-refractivity contribution in [3.63, 3.8) is 0 Å². The van der Waals surface area contributed by atoms with Crippen molar-refractivity contribution in [2.24, 2.45) is 5.92 Å². The van der Waals surface area contributed by atoms with Gasteiger partial charge in [-0.2, -0.15) is 0 Å². The lowest BCUT2D eigenvalue weighted by Crippen LogP contribution is -2.30. The Morgan fingerprint density at radius 3 is 2.48 bits per heavy atom. The van der Waals surface area contributed by atoms with Crippen molar-refractivity contribution in [1.82, 2.24) is 5.32 Å². The topological polar surface area (TPSA) is 75.7 Å². The minimum Gasteiger partial charge on any atom is -0.492 e. The van der Waals surface area contributed by atoms with Gasteiger partial charge in [0.1, 0.15) is 5.75 Å². The van der Waals surface area contributed by atoms with Crippen LogP contribution in [-0.4, -0.2) is 30.9 Å². The highest BCUT2D eigenvalue weighted by Gasteiger charge is 2.38. The highest BCUT2D eigenvalue weighted by Crippen LogP contribution is 2.35. The zero-order valence-corrected chi connectivity index (χ0v) is 15.6. The van der Waals surface area contributed by atoms with E-state index >= 15 is 0 Å². The molecule has 2 aromatic carbocycles. The highest BCUT2D eigenvalue weighted by atomic mass is 16.5. The third-order valence-corrected chi connectivity index (χ3v) is 4.23. The summed E-state index contributed by atoms with van der Waals surface area (Å²) in [6.07, 6.45) is 0. The van der Waals surface area contributed by atoms with Gasteiger partial charge in [-0.15, -0.1) is 0 Å². The molecule has 1 aliphatic rings. The van der Waals surface area contributed by atoms with Gasteiger partial charge in [0.15, 0.2) is 0 Å². The monoisotopic (exact) mass is 366 g/mol. The molecule has 27 heavy (non-hydrogen) atoms. The SMILES string of the molecule is CCOc1ccccc1N1C(=O)c2ccc(C(=O)NCC(C)C)cc2C1=O. The van der Waals surface area contributed by atoms with Gasteiger partial charge >= 0.3 is 0 Å². The van der Waals surface area contributed by atoms with Crippen molar-refractivity contribution in [2.45, 2.75) is 20.8 Å². The third-order valence-electron chi connectivity index (χ3n) is 4.23. The van der Waals surface area contributed by atoms with Gasteiger partial charge in [0.25, 0.3) is 17.7 Å². The second kappa shape index (κ2) is 7.61. The van der Waals surface area contributed by atoms with Crippen molar-refractivity contribution >= 4 is 23.4 Å². The molecule has 2 aromatic rings. The van der Waals surface area contributed by atoms with Crippen LogP contribution < -0.4 is 15.0 Å². The number of ether oxygens (including phenoxy) is 1. The summed E-state index contributed by atoms with van der Waals surface area (Å²) in [7, 11) is 0.